The maximum atomic E-state index is 11.2. The quantitative estimate of drug-likeness (QED) is 0.845. The zero-order chi connectivity index (χ0) is 10.7. The zero-order valence-corrected chi connectivity index (χ0v) is 9.84. The minimum Gasteiger partial charge on any atom is -0.508 e. The molecule has 0 aliphatic heterocycles. The summed E-state index contributed by atoms with van der Waals surface area (Å²) >= 11 is 3.34. The molecule has 3 heteroatoms. The Balaban J connectivity index is 3.13. The molecule has 0 heterocycles. The third-order valence-electron chi connectivity index (χ3n) is 2.14. The second-order valence-electron chi connectivity index (χ2n) is 3.21. The average molecular weight is 257 g/mol. The fourth-order valence-electron chi connectivity index (χ4n) is 1.36. The van der Waals surface area contributed by atoms with Crippen LogP contribution in [0.4, 0.5) is 0 Å². The summed E-state index contributed by atoms with van der Waals surface area (Å²) in [5.41, 5.74) is 1.94. The molecule has 1 aromatic carbocycles. The smallest absolute Gasteiger partial charge is 0.147 e. The number of ketones is 1. The first-order valence-corrected chi connectivity index (χ1v) is 5.44. The Bertz CT molecular complexity index is 347. The number of halogens is 1. The molecule has 1 atom stereocenters. The van der Waals surface area contributed by atoms with Crippen molar-refractivity contribution in [1.82, 2.24) is 0 Å². The van der Waals surface area contributed by atoms with Crippen LogP contribution in [0.25, 0.3) is 0 Å². The van der Waals surface area contributed by atoms with E-state index in [1.165, 1.54) is 0 Å². The minimum absolute atomic E-state index is 0.0744. The number of Topliss-reactive ketones (excluding diaryl/α,β-unsaturated/α-hetero) is 1. The Hall–Kier alpha value is -0.830. The van der Waals surface area contributed by atoms with Crippen LogP contribution < -0.4 is 0 Å². The molecule has 1 rings (SSSR count). The van der Waals surface area contributed by atoms with Gasteiger partial charge in [0, 0.05) is 0 Å². The molecule has 0 saturated carbocycles. The van der Waals surface area contributed by atoms with Crippen molar-refractivity contribution in [2.45, 2.75) is 25.1 Å². The van der Waals surface area contributed by atoms with Crippen molar-refractivity contribution in [3.8, 4) is 5.75 Å². The second-order valence-corrected chi connectivity index (χ2v) is 4.13. The molecule has 0 aromatic heterocycles. The van der Waals surface area contributed by atoms with Crippen LogP contribution in [0.1, 0.15) is 29.8 Å². The van der Waals surface area contributed by atoms with E-state index in [1.54, 1.807) is 25.1 Å². The first-order valence-electron chi connectivity index (χ1n) is 4.52. The van der Waals surface area contributed by atoms with Crippen LogP contribution in [-0.4, -0.2) is 10.9 Å². The molecule has 1 unspecified atom stereocenters. The third-order valence-corrected chi connectivity index (χ3v) is 3.28. The van der Waals surface area contributed by atoms with Crippen molar-refractivity contribution in [1.29, 1.82) is 0 Å². The predicted octanol–water partition coefficient (Wildman–Crippen LogP) is 2.98. The number of phenolic OH excluding ortho intramolecular Hbond substituents is 1. The van der Waals surface area contributed by atoms with E-state index in [-0.39, 0.29) is 16.4 Å². The fourth-order valence-corrected chi connectivity index (χ4v) is 1.81. The summed E-state index contributed by atoms with van der Waals surface area (Å²) in [6.07, 6.45) is 0.805. The number of hydrogen-bond acceptors (Lipinski definition) is 2. The highest BCUT2D eigenvalue weighted by atomic mass is 79.9. The van der Waals surface area contributed by atoms with Crippen molar-refractivity contribution in [3.63, 3.8) is 0 Å². The van der Waals surface area contributed by atoms with E-state index < -0.39 is 0 Å². The monoisotopic (exact) mass is 256 g/mol. The lowest BCUT2D eigenvalue weighted by Crippen LogP contribution is -2.04. The summed E-state index contributed by atoms with van der Waals surface area (Å²) in [5.74, 6) is 0.319. The zero-order valence-electron chi connectivity index (χ0n) is 8.25. The predicted molar refractivity (Wildman–Crippen MR) is 59.8 cm³/mol. The van der Waals surface area contributed by atoms with Crippen LogP contribution in [0, 0.1) is 0 Å². The molecule has 0 saturated heterocycles. The van der Waals surface area contributed by atoms with Gasteiger partial charge in [0.25, 0.3) is 0 Å². The van der Waals surface area contributed by atoms with Gasteiger partial charge in [0.1, 0.15) is 11.5 Å². The van der Waals surface area contributed by atoms with E-state index in [0.29, 0.717) is 0 Å². The summed E-state index contributed by atoms with van der Waals surface area (Å²) in [5, 5.41) is 9.29. The van der Waals surface area contributed by atoms with Gasteiger partial charge >= 0.3 is 0 Å². The Morgan fingerprint density at radius 2 is 2.21 bits per heavy atom. The van der Waals surface area contributed by atoms with E-state index in [1.807, 2.05) is 6.92 Å². The van der Waals surface area contributed by atoms with Crippen LogP contribution in [0.2, 0.25) is 0 Å². The lowest BCUT2D eigenvalue weighted by Gasteiger charge is -2.11. The van der Waals surface area contributed by atoms with E-state index >= 15 is 0 Å². The van der Waals surface area contributed by atoms with Gasteiger partial charge in [-0.2, -0.15) is 0 Å². The molecule has 1 N–H and O–H groups in total. The van der Waals surface area contributed by atoms with Crippen molar-refractivity contribution < 1.29 is 9.90 Å². The standard InChI is InChI=1S/C11H13BrO2/c1-3-8-6-9(14)4-5-10(8)11(12)7(2)13/h4-6,11,14H,3H2,1-2H3. The molecule has 0 radical (unpaired) electrons. The highest BCUT2D eigenvalue weighted by Crippen LogP contribution is 2.29. The number of benzene rings is 1. The van der Waals surface area contributed by atoms with Gasteiger partial charge in [0.2, 0.25) is 0 Å². The van der Waals surface area contributed by atoms with Crippen molar-refractivity contribution >= 4 is 21.7 Å². The van der Waals surface area contributed by atoms with Crippen LogP contribution in [0.3, 0.4) is 0 Å². The number of hydrogen-bond donors (Lipinski definition) is 1. The molecular formula is C11H13BrO2. The minimum atomic E-state index is -0.266. The van der Waals surface area contributed by atoms with E-state index in [4.69, 9.17) is 0 Å². The number of alkyl halides is 1. The van der Waals surface area contributed by atoms with Crippen molar-refractivity contribution in [2.75, 3.05) is 0 Å². The molecule has 2 nitrogen and oxygen atoms in total. The van der Waals surface area contributed by atoms with Crippen LogP contribution >= 0.6 is 15.9 Å². The van der Waals surface area contributed by atoms with Gasteiger partial charge in [-0.3, -0.25) is 4.79 Å². The molecule has 0 aliphatic rings. The van der Waals surface area contributed by atoms with E-state index in [9.17, 15) is 9.90 Å². The molecule has 0 amide bonds. The Morgan fingerprint density at radius 1 is 1.57 bits per heavy atom. The van der Waals surface area contributed by atoms with Crippen molar-refractivity contribution in [3.05, 3.63) is 29.3 Å². The molecule has 76 valence electrons. The summed E-state index contributed by atoms with van der Waals surface area (Å²) in [6.45, 7) is 3.55. The van der Waals surface area contributed by atoms with Gasteiger partial charge in [-0.05, 0) is 36.6 Å². The van der Waals surface area contributed by atoms with Gasteiger partial charge in [-0.1, -0.05) is 28.9 Å². The number of phenols is 1. The lowest BCUT2D eigenvalue weighted by molar-refractivity contribution is -0.116. The van der Waals surface area contributed by atoms with Gasteiger partial charge in [-0.15, -0.1) is 0 Å². The lowest BCUT2D eigenvalue weighted by atomic mass is 10.0. The summed E-state index contributed by atoms with van der Waals surface area (Å²) in [7, 11) is 0. The summed E-state index contributed by atoms with van der Waals surface area (Å²) in [4.78, 5) is 10.9. The number of aromatic hydroxyl groups is 1. The highest BCUT2D eigenvalue weighted by Gasteiger charge is 2.15. The number of rotatable bonds is 3. The summed E-state index contributed by atoms with van der Waals surface area (Å²) < 4.78 is 0. The maximum absolute atomic E-state index is 11.2. The van der Waals surface area contributed by atoms with Gasteiger partial charge in [0.05, 0.1) is 4.83 Å². The second kappa shape index (κ2) is 4.60. The van der Waals surface area contributed by atoms with E-state index in [0.717, 1.165) is 17.5 Å². The number of carbonyl (C=O) groups excluding carboxylic acids is 1. The average Bonchev–Trinajstić information content (AvgIpc) is 2.16. The molecule has 14 heavy (non-hydrogen) atoms. The Morgan fingerprint density at radius 3 is 2.71 bits per heavy atom. The molecule has 0 aliphatic carbocycles. The molecule has 0 fully saturated rings. The van der Waals surface area contributed by atoms with Crippen molar-refractivity contribution in [2.24, 2.45) is 0 Å². The van der Waals surface area contributed by atoms with Crippen LogP contribution in [-0.2, 0) is 11.2 Å². The fraction of sp³-hybridized carbons (Fsp3) is 0.364. The first-order chi connectivity index (χ1) is 6.56. The number of carbonyl (C=O) groups is 1. The van der Waals surface area contributed by atoms with Gasteiger partial charge < -0.3 is 5.11 Å². The Labute approximate surface area is 92.1 Å². The first kappa shape index (κ1) is 11.2. The maximum Gasteiger partial charge on any atom is 0.147 e. The van der Waals surface area contributed by atoms with E-state index in [2.05, 4.69) is 15.9 Å². The Kier molecular flexibility index (Phi) is 3.69. The van der Waals surface area contributed by atoms with Crippen LogP contribution in [0.15, 0.2) is 18.2 Å². The largest absolute Gasteiger partial charge is 0.508 e. The SMILES string of the molecule is CCc1cc(O)ccc1C(Br)C(C)=O. The van der Waals surface area contributed by atoms with Crippen LogP contribution in [0.5, 0.6) is 5.75 Å². The van der Waals surface area contributed by atoms with Gasteiger partial charge in [0.15, 0.2) is 0 Å². The molecule has 0 spiro atoms. The normalized spacial score (nSPS) is 12.5. The highest BCUT2D eigenvalue weighted by molar-refractivity contribution is 9.09. The molecular weight excluding hydrogens is 244 g/mol. The molecule has 0 bridgehead atoms. The van der Waals surface area contributed by atoms with Gasteiger partial charge in [-0.25, -0.2) is 0 Å². The third kappa shape index (κ3) is 2.35. The number of aryl methyl sites for hydroxylation is 1. The summed E-state index contributed by atoms with van der Waals surface area (Å²) in [6, 6.07) is 5.09. The topological polar surface area (TPSA) is 37.3 Å². The molecule has 1 aromatic rings.